The number of rotatable bonds is 3. The van der Waals surface area contributed by atoms with E-state index < -0.39 is 0 Å². The number of hydrogen-bond donors (Lipinski definition) is 2. The van der Waals surface area contributed by atoms with Gasteiger partial charge in [0.25, 0.3) is 5.91 Å². The first-order chi connectivity index (χ1) is 10.3. The topological polar surface area (TPSA) is 79.9 Å². The Balaban J connectivity index is 1.51. The number of nitrogens with one attached hydrogen (secondary N) is 2. The van der Waals surface area contributed by atoms with Crippen molar-refractivity contribution in [2.75, 3.05) is 6.61 Å². The van der Waals surface area contributed by atoms with E-state index >= 15 is 0 Å². The fourth-order valence-corrected chi connectivity index (χ4v) is 2.63. The van der Waals surface area contributed by atoms with E-state index in [4.69, 9.17) is 4.74 Å². The number of nitrogens with zero attached hydrogens (tertiary/aromatic N) is 2. The number of hydrogen-bond acceptors (Lipinski definition) is 4. The zero-order valence-corrected chi connectivity index (χ0v) is 11.5. The molecule has 2 heterocycles. The molecule has 1 saturated carbocycles. The molecule has 1 aromatic carbocycles. The van der Waals surface area contributed by atoms with Gasteiger partial charge in [-0.2, -0.15) is 0 Å². The van der Waals surface area contributed by atoms with Crippen LogP contribution < -0.4 is 10.1 Å². The number of benzene rings is 1. The molecule has 1 unspecified atom stereocenters. The average molecular weight is 284 g/mol. The van der Waals surface area contributed by atoms with Gasteiger partial charge in [-0.25, -0.2) is 4.98 Å². The van der Waals surface area contributed by atoms with Crippen molar-refractivity contribution in [3.8, 4) is 5.75 Å². The molecule has 2 aromatic rings. The van der Waals surface area contributed by atoms with Gasteiger partial charge in [-0.05, 0) is 18.9 Å². The number of aromatic nitrogens is 3. The normalized spacial score (nSPS) is 20.5. The second-order valence-corrected chi connectivity index (χ2v) is 5.52. The minimum absolute atomic E-state index is 0.0506. The molecule has 108 valence electrons. The molecule has 0 radical (unpaired) electrons. The maximum Gasteiger partial charge on any atom is 0.291 e. The van der Waals surface area contributed by atoms with Gasteiger partial charge in [0.2, 0.25) is 5.82 Å². The number of amides is 1. The Labute approximate surface area is 121 Å². The minimum Gasteiger partial charge on any atom is -0.493 e. The second kappa shape index (κ2) is 4.87. The predicted molar refractivity (Wildman–Crippen MR) is 75.1 cm³/mol. The lowest BCUT2D eigenvalue weighted by Gasteiger charge is -2.26. The van der Waals surface area contributed by atoms with E-state index in [0.717, 1.165) is 36.4 Å². The third-order valence-corrected chi connectivity index (χ3v) is 3.93. The van der Waals surface area contributed by atoms with E-state index in [2.05, 4.69) is 20.5 Å². The quantitative estimate of drug-likeness (QED) is 0.902. The molecule has 4 rings (SSSR count). The molecule has 6 heteroatoms. The first-order valence-corrected chi connectivity index (χ1v) is 7.26. The van der Waals surface area contributed by atoms with Gasteiger partial charge in [-0.1, -0.05) is 18.2 Å². The molecule has 1 amide bonds. The zero-order chi connectivity index (χ0) is 14.2. The monoisotopic (exact) mass is 284 g/mol. The fraction of sp³-hybridized carbons (Fsp3) is 0.400. The second-order valence-electron chi connectivity index (χ2n) is 5.52. The maximum atomic E-state index is 12.3. The van der Waals surface area contributed by atoms with Crippen molar-refractivity contribution >= 4 is 5.91 Å². The molecule has 2 N–H and O–H groups in total. The van der Waals surface area contributed by atoms with E-state index in [1.165, 1.54) is 0 Å². The Morgan fingerprint density at radius 1 is 1.29 bits per heavy atom. The van der Waals surface area contributed by atoms with Crippen LogP contribution in [-0.2, 0) is 0 Å². The highest BCUT2D eigenvalue weighted by molar-refractivity contribution is 5.90. The average Bonchev–Trinajstić information content (AvgIpc) is 3.25. The molecule has 21 heavy (non-hydrogen) atoms. The Hall–Kier alpha value is -2.37. The SMILES string of the molecule is O=C(NC1CCOc2ccccc21)c1n[nH]c(C2CC2)n1. The Morgan fingerprint density at radius 2 is 2.14 bits per heavy atom. The number of fused-ring (bicyclic) bond motifs is 1. The number of H-pyrrole nitrogens is 1. The zero-order valence-electron chi connectivity index (χ0n) is 11.5. The van der Waals surface area contributed by atoms with Gasteiger partial charge in [0.15, 0.2) is 0 Å². The maximum absolute atomic E-state index is 12.3. The smallest absolute Gasteiger partial charge is 0.291 e. The number of carbonyl (C=O) groups excluding carboxylic acids is 1. The fourth-order valence-electron chi connectivity index (χ4n) is 2.63. The Kier molecular flexibility index (Phi) is 2.87. The van der Waals surface area contributed by atoms with Crippen molar-refractivity contribution in [2.24, 2.45) is 0 Å². The van der Waals surface area contributed by atoms with Crippen LogP contribution in [0.2, 0.25) is 0 Å². The third-order valence-electron chi connectivity index (χ3n) is 3.93. The van der Waals surface area contributed by atoms with Crippen molar-refractivity contribution in [2.45, 2.75) is 31.2 Å². The molecule has 1 atom stereocenters. The number of ether oxygens (including phenoxy) is 1. The highest BCUT2D eigenvalue weighted by Crippen LogP contribution is 2.37. The van der Waals surface area contributed by atoms with E-state index in [-0.39, 0.29) is 17.8 Å². The predicted octanol–water partition coefficient (Wildman–Crippen LogP) is 1.94. The van der Waals surface area contributed by atoms with E-state index in [1.807, 2.05) is 24.3 Å². The molecule has 1 aliphatic carbocycles. The van der Waals surface area contributed by atoms with Crippen LogP contribution in [0, 0.1) is 0 Å². The van der Waals surface area contributed by atoms with Gasteiger partial charge in [-0.3, -0.25) is 9.89 Å². The lowest BCUT2D eigenvalue weighted by molar-refractivity contribution is 0.0914. The lowest BCUT2D eigenvalue weighted by Crippen LogP contribution is -2.32. The number of carbonyl (C=O) groups is 1. The highest BCUT2D eigenvalue weighted by Gasteiger charge is 2.29. The van der Waals surface area contributed by atoms with Crippen molar-refractivity contribution in [1.29, 1.82) is 0 Å². The van der Waals surface area contributed by atoms with Gasteiger partial charge in [0, 0.05) is 17.9 Å². The molecular weight excluding hydrogens is 268 g/mol. The van der Waals surface area contributed by atoms with E-state index in [1.54, 1.807) is 0 Å². The molecule has 1 aromatic heterocycles. The highest BCUT2D eigenvalue weighted by atomic mass is 16.5. The van der Waals surface area contributed by atoms with Crippen molar-refractivity contribution < 1.29 is 9.53 Å². The largest absolute Gasteiger partial charge is 0.493 e. The number of aromatic amines is 1. The summed E-state index contributed by atoms with van der Waals surface area (Å²) in [6.07, 6.45) is 3.01. The molecule has 1 fully saturated rings. The summed E-state index contributed by atoms with van der Waals surface area (Å²) in [5, 5.41) is 9.88. The van der Waals surface area contributed by atoms with Crippen molar-refractivity contribution in [1.82, 2.24) is 20.5 Å². The standard InChI is InChI=1S/C15H16N4O2/c20-15(14-17-13(18-19-14)9-5-6-9)16-11-7-8-21-12-4-2-1-3-10(11)12/h1-4,9,11H,5-8H2,(H,16,20)(H,17,18,19). The first kappa shape index (κ1) is 12.4. The van der Waals surface area contributed by atoms with Gasteiger partial charge < -0.3 is 10.1 Å². The summed E-state index contributed by atoms with van der Waals surface area (Å²) in [7, 11) is 0. The summed E-state index contributed by atoms with van der Waals surface area (Å²) in [5.41, 5.74) is 1.01. The molecule has 6 nitrogen and oxygen atoms in total. The summed E-state index contributed by atoms with van der Waals surface area (Å²) >= 11 is 0. The Bertz CT molecular complexity index is 678. The minimum atomic E-state index is -0.236. The molecule has 2 aliphatic rings. The van der Waals surface area contributed by atoms with Crippen molar-refractivity contribution in [3.63, 3.8) is 0 Å². The first-order valence-electron chi connectivity index (χ1n) is 7.26. The van der Waals surface area contributed by atoms with Crippen LogP contribution in [0.25, 0.3) is 0 Å². The van der Waals surface area contributed by atoms with Crippen LogP contribution in [0.3, 0.4) is 0 Å². The van der Waals surface area contributed by atoms with E-state index in [0.29, 0.717) is 12.5 Å². The summed E-state index contributed by atoms with van der Waals surface area (Å²) in [6, 6.07) is 7.73. The molecule has 0 bridgehead atoms. The van der Waals surface area contributed by atoms with Crippen LogP contribution in [0.1, 0.15) is 53.2 Å². The van der Waals surface area contributed by atoms with Crippen LogP contribution in [0.15, 0.2) is 24.3 Å². The molecular formula is C15H16N4O2. The lowest BCUT2D eigenvalue weighted by atomic mass is 10.0. The van der Waals surface area contributed by atoms with Crippen molar-refractivity contribution in [3.05, 3.63) is 41.5 Å². The molecule has 1 aliphatic heterocycles. The summed E-state index contributed by atoms with van der Waals surface area (Å²) in [6.45, 7) is 0.600. The molecule has 0 spiro atoms. The van der Waals surface area contributed by atoms with E-state index in [9.17, 15) is 4.79 Å². The van der Waals surface area contributed by atoms with Crippen LogP contribution >= 0.6 is 0 Å². The molecule has 0 saturated heterocycles. The van der Waals surface area contributed by atoms with Crippen LogP contribution in [0.5, 0.6) is 5.75 Å². The Morgan fingerprint density at radius 3 is 3.00 bits per heavy atom. The van der Waals surface area contributed by atoms with Gasteiger partial charge >= 0.3 is 0 Å². The van der Waals surface area contributed by atoms with Gasteiger partial charge in [0.05, 0.1) is 12.6 Å². The third kappa shape index (κ3) is 2.37. The summed E-state index contributed by atoms with van der Waals surface area (Å²) in [5.74, 6) is 2.11. The van der Waals surface area contributed by atoms with Crippen LogP contribution in [0.4, 0.5) is 0 Å². The van der Waals surface area contributed by atoms with Gasteiger partial charge in [-0.15, -0.1) is 5.10 Å². The summed E-state index contributed by atoms with van der Waals surface area (Å²) < 4.78 is 5.60. The number of para-hydroxylation sites is 1. The van der Waals surface area contributed by atoms with Gasteiger partial charge in [0.1, 0.15) is 11.6 Å². The van der Waals surface area contributed by atoms with Crippen LogP contribution in [-0.4, -0.2) is 27.7 Å². The summed E-state index contributed by atoms with van der Waals surface area (Å²) in [4.78, 5) is 16.6.